The van der Waals surface area contributed by atoms with Crippen LogP contribution in [-0.4, -0.2) is 28.0 Å². The fourth-order valence-electron chi connectivity index (χ4n) is 2.38. The molecule has 9 heteroatoms. The predicted molar refractivity (Wildman–Crippen MR) is 93.5 cm³/mol. The van der Waals surface area contributed by atoms with E-state index in [9.17, 15) is 13.6 Å². The molecule has 0 saturated heterocycles. The molecule has 0 aliphatic rings. The Morgan fingerprint density at radius 2 is 2.00 bits per heavy atom. The molecule has 0 aliphatic carbocycles. The summed E-state index contributed by atoms with van der Waals surface area (Å²) in [5, 5.41) is 10.5. The Bertz CT molecular complexity index is 978. The highest BCUT2D eigenvalue weighted by Crippen LogP contribution is 2.33. The molecule has 0 bridgehead atoms. The summed E-state index contributed by atoms with van der Waals surface area (Å²) in [7, 11) is 0. The number of halogens is 3. The number of carbonyl (C=O) groups excluding carboxylic acids is 1. The van der Waals surface area contributed by atoms with Crippen molar-refractivity contribution in [2.24, 2.45) is 0 Å². The van der Waals surface area contributed by atoms with Crippen molar-refractivity contribution in [3.8, 4) is 17.0 Å². The Balaban J connectivity index is 1.94. The van der Waals surface area contributed by atoms with E-state index in [4.69, 9.17) is 21.1 Å². The Kier molecular flexibility index (Phi) is 5.66. The van der Waals surface area contributed by atoms with Crippen LogP contribution in [0.25, 0.3) is 11.3 Å². The number of nitrogens with zero attached hydrogens (tertiary/aromatic N) is 2. The number of esters is 1. The lowest BCUT2D eigenvalue weighted by molar-refractivity contribution is 0.0520. The highest BCUT2D eigenvalue weighted by molar-refractivity contribution is 6.31. The van der Waals surface area contributed by atoms with E-state index in [1.54, 1.807) is 19.1 Å². The Morgan fingerprint density at radius 1 is 1.19 bits per heavy atom. The number of benzene rings is 2. The van der Waals surface area contributed by atoms with Crippen LogP contribution in [0.2, 0.25) is 5.02 Å². The van der Waals surface area contributed by atoms with Crippen molar-refractivity contribution in [2.45, 2.75) is 13.5 Å². The van der Waals surface area contributed by atoms with Gasteiger partial charge in [0, 0.05) is 16.1 Å². The molecular weight excluding hydrogens is 380 g/mol. The van der Waals surface area contributed by atoms with Gasteiger partial charge in [0.1, 0.15) is 29.7 Å². The molecule has 0 spiro atoms. The summed E-state index contributed by atoms with van der Waals surface area (Å²) in [6, 6.07) is 7.72. The predicted octanol–water partition coefficient (Wildman–Crippen LogP) is 4.16. The van der Waals surface area contributed by atoms with E-state index in [-0.39, 0.29) is 35.9 Å². The summed E-state index contributed by atoms with van der Waals surface area (Å²) in [5.41, 5.74) is 0.532. The summed E-state index contributed by atoms with van der Waals surface area (Å²) < 4.78 is 37.7. The van der Waals surface area contributed by atoms with Gasteiger partial charge in [-0.15, -0.1) is 5.10 Å². The molecule has 0 atom stereocenters. The second kappa shape index (κ2) is 8.13. The van der Waals surface area contributed by atoms with Crippen molar-refractivity contribution in [3.63, 3.8) is 0 Å². The van der Waals surface area contributed by atoms with E-state index >= 15 is 0 Å². The van der Waals surface area contributed by atoms with Gasteiger partial charge in [0.2, 0.25) is 0 Å². The lowest BCUT2D eigenvalue weighted by atomic mass is 10.1. The summed E-state index contributed by atoms with van der Waals surface area (Å²) in [6.07, 6.45) is 0. The SMILES string of the molecule is CCOC(=O)c1n[nH]nc1-c1cc(Cl)ccc1OCc1cc(F)ccc1F. The molecular formula is C18H14ClF2N3O3. The molecule has 0 amide bonds. The van der Waals surface area contributed by atoms with Gasteiger partial charge >= 0.3 is 5.97 Å². The first kappa shape index (κ1) is 18.8. The molecule has 2 aromatic carbocycles. The Labute approximate surface area is 158 Å². The third kappa shape index (κ3) is 4.22. The van der Waals surface area contributed by atoms with E-state index in [2.05, 4.69) is 15.4 Å². The lowest BCUT2D eigenvalue weighted by Crippen LogP contribution is -2.07. The van der Waals surface area contributed by atoms with E-state index in [0.29, 0.717) is 10.6 Å². The van der Waals surface area contributed by atoms with Crippen molar-refractivity contribution < 1.29 is 23.0 Å². The van der Waals surface area contributed by atoms with Gasteiger partial charge in [0.05, 0.1) is 6.61 Å². The molecule has 0 aliphatic heterocycles. The standard InChI is InChI=1S/C18H14ClF2N3O3/c1-2-26-18(25)17-16(22-24-23-17)13-8-11(19)3-6-15(13)27-9-10-7-12(20)4-5-14(10)21/h3-8H,2,9H2,1H3,(H,22,23,24). The molecule has 27 heavy (non-hydrogen) atoms. The van der Waals surface area contributed by atoms with Crippen molar-refractivity contribution in [1.29, 1.82) is 0 Å². The molecule has 6 nitrogen and oxygen atoms in total. The quantitative estimate of drug-likeness (QED) is 0.636. The highest BCUT2D eigenvalue weighted by Gasteiger charge is 2.22. The summed E-state index contributed by atoms with van der Waals surface area (Å²) in [6.45, 7) is 1.60. The van der Waals surface area contributed by atoms with Crippen LogP contribution in [0.5, 0.6) is 5.75 Å². The van der Waals surface area contributed by atoms with Crippen molar-refractivity contribution in [1.82, 2.24) is 15.4 Å². The van der Waals surface area contributed by atoms with Crippen LogP contribution in [0.1, 0.15) is 23.0 Å². The zero-order valence-electron chi connectivity index (χ0n) is 14.1. The molecule has 1 aromatic heterocycles. The lowest BCUT2D eigenvalue weighted by Gasteiger charge is -2.12. The number of H-pyrrole nitrogens is 1. The highest BCUT2D eigenvalue weighted by atomic mass is 35.5. The smallest absolute Gasteiger partial charge is 0.361 e. The van der Waals surface area contributed by atoms with Crippen molar-refractivity contribution in [3.05, 3.63) is 64.3 Å². The third-order valence-electron chi connectivity index (χ3n) is 3.60. The molecule has 3 rings (SSSR count). The molecule has 0 unspecified atom stereocenters. The van der Waals surface area contributed by atoms with Gasteiger partial charge in [-0.05, 0) is 43.3 Å². The van der Waals surface area contributed by atoms with E-state index in [1.807, 2.05) is 0 Å². The minimum Gasteiger partial charge on any atom is -0.488 e. The third-order valence-corrected chi connectivity index (χ3v) is 3.84. The molecule has 0 radical (unpaired) electrons. The topological polar surface area (TPSA) is 77.1 Å². The number of carbonyl (C=O) groups is 1. The maximum atomic E-state index is 13.8. The molecule has 140 valence electrons. The van der Waals surface area contributed by atoms with Gasteiger partial charge in [-0.2, -0.15) is 10.3 Å². The minimum absolute atomic E-state index is 0.0408. The molecule has 3 aromatic rings. The van der Waals surface area contributed by atoms with Gasteiger partial charge in [0.25, 0.3) is 0 Å². The number of aromatic amines is 1. The van der Waals surface area contributed by atoms with E-state index in [0.717, 1.165) is 18.2 Å². The molecule has 1 N–H and O–H groups in total. The second-order valence-corrected chi connectivity index (χ2v) is 5.84. The van der Waals surface area contributed by atoms with Crippen LogP contribution in [0, 0.1) is 11.6 Å². The van der Waals surface area contributed by atoms with Gasteiger partial charge < -0.3 is 9.47 Å². The molecule has 1 heterocycles. The first-order valence-electron chi connectivity index (χ1n) is 7.94. The van der Waals surface area contributed by atoms with Crippen LogP contribution in [-0.2, 0) is 11.3 Å². The second-order valence-electron chi connectivity index (χ2n) is 5.41. The number of aromatic nitrogens is 3. The normalized spacial score (nSPS) is 10.7. The average molecular weight is 394 g/mol. The van der Waals surface area contributed by atoms with Gasteiger partial charge in [-0.1, -0.05) is 11.6 Å². The Morgan fingerprint density at radius 3 is 2.78 bits per heavy atom. The average Bonchev–Trinajstić information content (AvgIpc) is 3.13. The van der Waals surface area contributed by atoms with Gasteiger partial charge in [-0.3, -0.25) is 0 Å². The monoisotopic (exact) mass is 393 g/mol. The zero-order chi connectivity index (χ0) is 19.4. The van der Waals surface area contributed by atoms with E-state index in [1.165, 1.54) is 6.07 Å². The largest absolute Gasteiger partial charge is 0.488 e. The van der Waals surface area contributed by atoms with Crippen molar-refractivity contribution in [2.75, 3.05) is 6.61 Å². The fourth-order valence-corrected chi connectivity index (χ4v) is 2.56. The first-order chi connectivity index (χ1) is 13.0. The van der Waals surface area contributed by atoms with Crippen LogP contribution in [0.3, 0.4) is 0 Å². The number of hydrogen-bond acceptors (Lipinski definition) is 5. The summed E-state index contributed by atoms with van der Waals surface area (Å²) >= 11 is 6.05. The summed E-state index contributed by atoms with van der Waals surface area (Å²) in [4.78, 5) is 12.0. The van der Waals surface area contributed by atoms with Crippen molar-refractivity contribution >= 4 is 17.6 Å². The van der Waals surface area contributed by atoms with Gasteiger partial charge in [0.15, 0.2) is 5.69 Å². The molecule has 0 fully saturated rings. The molecule has 0 saturated carbocycles. The first-order valence-corrected chi connectivity index (χ1v) is 8.32. The number of ether oxygens (including phenoxy) is 2. The number of rotatable bonds is 6. The Hall–Kier alpha value is -3.00. The zero-order valence-corrected chi connectivity index (χ0v) is 14.9. The number of hydrogen-bond donors (Lipinski definition) is 1. The van der Waals surface area contributed by atoms with Crippen LogP contribution < -0.4 is 4.74 Å². The summed E-state index contributed by atoms with van der Waals surface area (Å²) in [5.74, 6) is -1.57. The van der Waals surface area contributed by atoms with Crippen LogP contribution in [0.15, 0.2) is 36.4 Å². The van der Waals surface area contributed by atoms with E-state index < -0.39 is 17.6 Å². The minimum atomic E-state index is -0.664. The fraction of sp³-hybridized carbons (Fsp3) is 0.167. The van der Waals surface area contributed by atoms with Crippen LogP contribution >= 0.6 is 11.6 Å². The van der Waals surface area contributed by atoms with Gasteiger partial charge in [-0.25, -0.2) is 13.6 Å². The maximum absolute atomic E-state index is 13.8. The maximum Gasteiger partial charge on any atom is 0.361 e. The number of nitrogens with one attached hydrogen (secondary N) is 1. The van der Waals surface area contributed by atoms with Crippen LogP contribution in [0.4, 0.5) is 8.78 Å².